The number of hydrogen-bond acceptors (Lipinski definition) is 4. The number of anilines is 1. The average molecular weight is 332 g/mol. The molecule has 0 atom stereocenters. The van der Waals surface area contributed by atoms with Gasteiger partial charge in [-0.1, -0.05) is 12.1 Å². The molecule has 0 spiro atoms. The Labute approximate surface area is 132 Å². The second-order valence-corrected chi connectivity index (χ2v) is 4.75. The van der Waals surface area contributed by atoms with Crippen LogP contribution in [0.2, 0.25) is 0 Å². The number of rotatable bonds is 2. The number of nitrogens with one attached hydrogen (secondary N) is 2. The Bertz CT molecular complexity index is 559. The highest BCUT2D eigenvalue weighted by Crippen LogP contribution is 2.25. The molecule has 1 aromatic rings. The molecule has 0 unspecified atom stereocenters. The van der Waals surface area contributed by atoms with Crippen LogP contribution in [0.25, 0.3) is 0 Å². The second kappa shape index (κ2) is 8.52. The molecule has 1 aliphatic heterocycles. The topological polar surface area (TPSA) is 67.4 Å². The van der Waals surface area contributed by atoms with Gasteiger partial charge in [-0.05, 0) is 37.1 Å². The molecule has 0 aromatic heterocycles. The van der Waals surface area contributed by atoms with Crippen LogP contribution in [-0.4, -0.2) is 31.2 Å². The van der Waals surface area contributed by atoms with E-state index in [0.29, 0.717) is 13.2 Å². The van der Waals surface area contributed by atoms with E-state index in [0.717, 1.165) is 24.1 Å². The molecule has 5 nitrogen and oxygen atoms in total. The van der Waals surface area contributed by atoms with Crippen LogP contribution in [-0.2, 0) is 27.3 Å². The number of esters is 1. The van der Waals surface area contributed by atoms with Crippen LogP contribution in [0.5, 0.6) is 0 Å². The van der Waals surface area contributed by atoms with E-state index in [1.54, 1.807) is 13.0 Å². The Hall–Kier alpha value is -2.09. The number of hydrogen-bond donors (Lipinski definition) is 2. The number of halogens is 3. The molecule has 0 saturated heterocycles. The smallest absolute Gasteiger partial charge is 0.466 e. The van der Waals surface area contributed by atoms with Gasteiger partial charge in [-0.2, -0.15) is 13.2 Å². The molecule has 1 aromatic carbocycles. The quantitative estimate of drug-likeness (QED) is 0.816. The molecule has 0 radical (unpaired) electrons. The van der Waals surface area contributed by atoms with Gasteiger partial charge < -0.3 is 15.4 Å². The minimum Gasteiger partial charge on any atom is -0.466 e. The van der Waals surface area contributed by atoms with Crippen LogP contribution in [0.4, 0.5) is 18.9 Å². The summed E-state index contributed by atoms with van der Waals surface area (Å²) in [6.45, 7) is 4.92. The highest BCUT2D eigenvalue weighted by molar-refractivity contribution is 5.95. The highest BCUT2D eigenvalue weighted by atomic mass is 19.4. The summed E-state index contributed by atoms with van der Waals surface area (Å²) in [5.41, 5.74) is 1.94. The van der Waals surface area contributed by atoms with Gasteiger partial charge in [0, 0.05) is 19.2 Å². The molecule has 1 amide bonds. The van der Waals surface area contributed by atoms with E-state index in [4.69, 9.17) is 0 Å². The Balaban J connectivity index is 0.000000379. The molecule has 0 aliphatic carbocycles. The monoisotopic (exact) mass is 332 g/mol. The summed E-state index contributed by atoms with van der Waals surface area (Å²) in [7, 11) is 0. The Kier molecular flexibility index (Phi) is 7.02. The number of carbonyl (C=O) groups is 2. The zero-order valence-electron chi connectivity index (χ0n) is 12.9. The minimum atomic E-state index is -4.86. The van der Waals surface area contributed by atoms with E-state index in [2.05, 4.69) is 10.1 Å². The van der Waals surface area contributed by atoms with Crippen molar-refractivity contribution in [2.45, 2.75) is 33.0 Å². The van der Waals surface area contributed by atoms with E-state index in [1.165, 1.54) is 13.0 Å². The Morgan fingerprint density at radius 3 is 2.57 bits per heavy atom. The molecule has 2 rings (SSSR count). The molecule has 128 valence electrons. The van der Waals surface area contributed by atoms with Crippen LogP contribution in [0, 0.1) is 0 Å². The number of alkyl halides is 3. The summed E-state index contributed by atoms with van der Waals surface area (Å²) < 4.78 is 40.8. The van der Waals surface area contributed by atoms with E-state index < -0.39 is 12.1 Å². The SMILES string of the molecule is CCOC(C)=O.O=C(Nc1cccc2c1CNCC2)C(F)(F)F. The molecule has 1 aliphatic rings. The molecule has 1 heterocycles. The van der Waals surface area contributed by atoms with Crippen molar-refractivity contribution in [2.24, 2.45) is 0 Å². The lowest BCUT2D eigenvalue weighted by Gasteiger charge is -2.20. The van der Waals surface area contributed by atoms with Crippen molar-refractivity contribution in [3.63, 3.8) is 0 Å². The van der Waals surface area contributed by atoms with Crippen LogP contribution in [0.1, 0.15) is 25.0 Å². The van der Waals surface area contributed by atoms with Crippen LogP contribution in [0.15, 0.2) is 18.2 Å². The summed E-state index contributed by atoms with van der Waals surface area (Å²) in [6.07, 6.45) is -4.10. The molecule has 23 heavy (non-hydrogen) atoms. The first-order valence-electron chi connectivity index (χ1n) is 7.08. The summed E-state index contributed by atoms with van der Waals surface area (Å²) in [6, 6.07) is 4.99. The van der Waals surface area contributed by atoms with E-state index in [9.17, 15) is 22.8 Å². The standard InChI is InChI=1S/C11H11F3N2O.C4H8O2/c12-11(13,14)10(17)16-9-3-1-2-7-4-5-15-6-8(7)9;1-3-6-4(2)5/h1-3,15H,4-6H2,(H,16,17);3H2,1-2H3. The third-order valence-corrected chi connectivity index (χ3v) is 3.00. The van der Waals surface area contributed by atoms with Crippen molar-refractivity contribution < 1.29 is 27.5 Å². The zero-order valence-corrected chi connectivity index (χ0v) is 12.9. The fraction of sp³-hybridized carbons (Fsp3) is 0.467. The first-order valence-corrected chi connectivity index (χ1v) is 7.08. The lowest BCUT2D eigenvalue weighted by molar-refractivity contribution is -0.167. The van der Waals surface area contributed by atoms with Crippen molar-refractivity contribution in [3.05, 3.63) is 29.3 Å². The molecule has 0 saturated carbocycles. The van der Waals surface area contributed by atoms with Crippen LogP contribution >= 0.6 is 0 Å². The molecule has 2 N–H and O–H groups in total. The lowest BCUT2D eigenvalue weighted by Crippen LogP contribution is -2.31. The third kappa shape index (κ3) is 6.27. The van der Waals surface area contributed by atoms with Crippen molar-refractivity contribution in [1.29, 1.82) is 0 Å². The first kappa shape index (κ1) is 19.0. The number of benzene rings is 1. The summed E-state index contributed by atoms with van der Waals surface area (Å²) in [5.74, 6) is -2.14. The highest BCUT2D eigenvalue weighted by Gasteiger charge is 2.39. The van der Waals surface area contributed by atoms with Crippen molar-refractivity contribution in [2.75, 3.05) is 18.5 Å². The number of ether oxygens (including phenoxy) is 1. The predicted molar refractivity (Wildman–Crippen MR) is 78.8 cm³/mol. The third-order valence-electron chi connectivity index (χ3n) is 3.00. The lowest BCUT2D eigenvalue weighted by atomic mass is 9.99. The molecule has 0 fully saturated rings. The van der Waals surface area contributed by atoms with Gasteiger partial charge in [0.25, 0.3) is 0 Å². The zero-order chi connectivity index (χ0) is 17.5. The van der Waals surface area contributed by atoms with Crippen LogP contribution < -0.4 is 10.6 Å². The number of fused-ring (bicyclic) bond motifs is 1. The number of amides is 1. The molecule has 8 heteroatoms. The van der Waals surface area contributed by atoms with Gasteiger partial charge in [0.2, 0.25) is 0 Å². The van der Waals surface area contributed by atoms with Gasteiger partial charge in [-0.3, -0.25) is 9.59 Å². The van der Waals surface area contributed by atoms with E-state index >= 15 is 0 Å². The fourth-order valence-corrected chi connectivity index (χ4v) is 2.03. The first-order chi connectivity index (χ1) is 10.8. The molecule has 0 bridgehead atoms. The maximum Gasteiger partial charge on any atom is 0.471 e. The van der Waals surface area contributed by atoms with Crippen molar-refractivity contribution >= 4 is 17.6 Å². The maximum absolute atomic E-state index is 12.1. The van der Waals surface area contributed by atoms with Crippen LogP contribution in [0.3, 0.4) is 0 Å². The maximum atomic E-state index is 12.1. The second-order valence-electron chi connectivity index (χ2n) is 4.75. The number of carbonyl (C=O) groups excluding carboxylic acids is 2. The summed E-state index contributed by atoms with van der Waals surface area (Å²) >= 11 is 0. The van der Waals surface area contributed by atoms with Gasteiger partial charge in [-0.25, -0.2) is 0 Å². The average Bonchev–Trinajstić information content (AvgIpc) is 2.47. The van der Waals surface area contributed by atoms with Crippen molar-refractivity contribution in [1.82, 2.24) is 5.32 Å². The Morgan fingerprint density at radius 2 is 2.04 bits per heavy atom. The minimum absolute atomic E-state index is 0.211. The Morgan fingerprint density at radius 1 is 1.35 bits per heavy atom. The van der Waals surface area contributed by atoms with Crippen molar-refractivity contribution in [3.8, 4) is 0 Å². The summed E-state index contributed by atoms with van der Waals surface area (Å²) in [4.78, 5) is 20.7. The van der Waals surface area contributed by atoms with E-state index in [1.807, 2.05) is 11.4 Å². The van der Waals surface area contributed by atoms with Gasteiger partial charge >= 0.3 is 18.1 Å². The normalized spacial score (nSPS) is 13.3. The summed E-state index contributed by atoms with van der Waals surface area (Å²) in [5, 5.41) is 4.97. The largest absolute Gasteiger partial charge is 0.471 e. The predicted octanol–water partition coefficient (Wildman–Crippen LogP) is 2.40. The van der Waals surface area contributed by atoms with Gasteiger partial charge in [0.05, 0.1) is 6.61 Å². The molecular weight excluding hydrogens is 313 g/mol. The van der Waals surface area contributed by atoms with Gasteiger partial charge in [0.1, 0.15) is 0 Å². The van der Waals surface area contributed by atoms with Gasteiger partial charge in [-0.15, -0.1) is 0 Å². The molecular formula is C15H19F3N2O3. The van der Waals surface area contributed by atoms with Gasteiger partial charge in [0.15, 0.2) is 0 Å². The van der Waals surface area contributed by atoms with E-state index in [-0.39, 0.29) is 11.7 Å². The fourth-order valence-electron chi connectivity index (χ4n) is 2.03.